The van der Waals surface area contributed by atoms with E-state index in [9.17, 15) is 12.8 Å². The highest BCUT2D eigenvalue weighted by atomic mass is 32.2. The molecule has 1 aliphatic rings. The fourth-order valence-corrected chi connectivity index (χ4v) is 3.55. The normalized spacial score (nSPS) is 20.0. The summed E-state index contributed by atoms with van der Waals surface area (Å²) in [7, 11) is -3.43. The molecule has 1 heterocycles. The maximum atomic E-state index is 13.2. The Kier molecular flexibility index (Phi) is 3.87. The minimum atomic E-state index is -3.43. The van der Waals surface area contributed by atoms with E-state index >= 15 is 0 Å². The lowest BCUT2D eigenvalue weighted by Crippen LogP contribution is -2.32. The summed E-state index contributed by atoms with van der Waals surface area (Å²) < 4.78 is 39.4. The van der Waals surface area contributed by atoms with E-state index < -0.39 is 15.8 Å². The van der Waals surface area contributed by atoms with Crippen molar-refractivity contribution in [3.63, 3.8) is 0 Å². The highest BCUT2D eigenvalue weighted by molar-refractivity contribution is 7.92. The van der Waals surface area contributed by atoms with E-state index in [1.54, 1.807) is 13.0 Å². The summed E-state index contributed by atoms with van der Waals surface area (Å²) >= 11 is 0. The molecule has 1 aromatic carbocycles. The Hall–Kier alpha value is -1.14. The number of hydrogen-bond donors (Lipinski definition) is 2. The summed E-state index contributed by atoms with van der Waals surface area (Å²) in [6.45, 7) is 2.58. The zero-order valence-corrected chi connectivity index (χ0v) is 11.1. The third kappa shape index (κ3) is 3.68. The number of halogens is 1. The van der Waals surface area contributed by atoms with E-state index in [1.165, 1.54) is 12.1 Å². The van der Waals surface area contributed by atoms with Crippen molar-refractivity contribution in [2.24, 2.45) is 0 Å². The van der Waals surface area contributed by atoms with Gasteiger partial charge in [-0.1, -0.05) is 0 Å². The molecule has 0 spiro atoms. The third-order valence-corrected chi connectivity index (χ3v) is 4.29. The van der Waals surface area contributed by atoms with Crippen molar-refractivity contribution < 1.29 is 12.8 Å². The zero-order valence-electron chi connectivity index (χ0n) is 10.2. The zero-order chi connectivity index (χ0) is 13.2. The third-order valence-electron chi connectivity index (χ3n) is 2.90. The second kappa shape index (κ2) is 5.24. The minimum absolute atomic E-state index is 0.00263. The van der Waals surface area contributed by atoms with Crippen LogP contribution in [0, 0.1) is 12.7 Å². The van der Waals surface area contributed by atoms with Gasteiger partial charge in [0.15, 0.2) is 0 Å². The van der Waals surface area contributed by atoms with E-state index in [4.69, 9.17) is 0 Å². The van der Waals surface area contributed by atoms with Crippen molar-refractivity contribution in [2.45, 2.75) is 25.8 Å². The molecule has 1 unspecified atom stereocenters. The first kappa shape index (κ1) is 13.3. The summed E-state index contributed by atoms with van der Waals surface area (Å²) in [6, 6.07) is 4.16. The van der Waals surface area contributed by atoms with Gasteiger partial charge in [0.25, 0.3) is 0 Å². The van der Waals surface area contributed by atoms with Gasteiger partial charge in [0.05, 0.1) is 11.4 Å². The van der Waals surface area contributed by atoms with Crippen LogP contribution < -0.4 is 10.0 Å². The van der Waals surface area contributed by atoms with Crippen LogP contribution >= 0.6 is 0 Å². The number of nitrogens with one attached hydrogen (secondary N) is 2. The second-order valence-corrected chi connectivity index (χ2v) is 6.46. The molecule has 1 aliphatic heterocycles. The smallest absolute Gasteiger partial charge is 0.234 e. The Morgan fingerprint density at radius 2 is 2.22 bits per heavy atom. The minimum Gasteiger partial charge on any atom is -0.313 e. The van der Waals surface area contributed by atoms with Gasteiger partial charge in [-0.25, -0.2) is 12.8 Å². The summed E-state index contributed by atoms with van der Waals surface area (Å²) in [4.78, 5) is 0. The SMILES string of the molecule is Cc1cc(F)cc(NS(=O)(=O)CC2CCCN2)c1. The molecular weight excluding hydrogens is 255 g/mol. The fraction of sp³-hybridized carbons (Fsp3) is 0.500. The first-order chi connectivity index (χ1) is 8.44. The number of benzene rings is 1. The van der Waals surface area contributed by atoms with Crippen LogP contribution in [-0.2, 0) is 10.0 Å². The molecule has 1 aromatic rings. The molecule has 2 rings (SSSR count). The van der Waals surface area contributed by atoms with Gasteiger partial charge in [0.1, 0.15) is 5.82 Å². The van der Waals surface area contributed by atoms with Gasteiger partial charge in [0.2, 0.25) is 10.0 Å². The fourth-order valence-electron chi connectivity index (χ4n) is 2.18. The maximum absolute atomic E-state index is 13.2. The predicted octanol–water partition coefficient (Wildman–Crippen LogP) is 1.63. The van der Waals surface area contributed by atoms with Gasteiger partial charge in [-0.2, -0.15) is 0 Å². The van der Waals surface area contributed by atoms with E-state index in [1.807, 2.05) is 0 Å². The maximum Gasteiger partial charge on any atom is 0.234 e. The van der Waals surface area contributed by atoms with E-state index in [0.717, 1.165) is 19.4 Å². The number of hydrogen-bond acceptors (Lipinski definition) is 3. The van der Waals surface area contributed by atoms with Gasteiger partial charge in [-0.05, 0) is 50.1 Å². The van der Waals surface area contributed by atoms with Gasteiger partial charge < -0.3 is 5.32 Å². The largest absolute Gasteiger partial charge is 0.313 e. The monoisotopic (exact) mass is 272 g/mol. The van der Waals surface area contributed by atoms with Crippen molar-refractivity contribution in [3.8, 4) is 0 Å². The molecule has 18 heavy (non-hydrogen) atoms. The lowest BCUT2D eigenvalue weighted by molar-refractivity contribution is 0.581. The summed E-state index contributed by atoms with van der Waals surface area (Å²) in [5.74, 6) is -0.408. The number of anilines is 1. The van der Waals surface area contributed by atoms with E-state index in [-0.39, 0.29) is 17.5 Å². The summed E-state index contributed by atoms with van der Waals surface area (Å²) in [6.07, 6.45) is 1.86. The van der Waals surface area contributed by atoms with Gasteiger partial charge in [0, 0.05) is 6.04 Å². The van der Waals surface area contributed by atoms with Gasteiger partial charge in [-0.15, -0.1) is 0 Å². The van der Waals surface area contributed by atoms with Crippen LogP contribution in [-0.4, -0.2) is 26.8 Å². The molecule has 100 valence electrons. The molecule has 0 saturated carbocycles. The van der Waals surface area contributed by atoms with Crippen LogP contribution in [0.15, 0.2) is 18.2 Å². The van der Waals surface area contributed by atoms with Crippen LogP contribution in [0.1, 0.15) is 18.4 Å². The Labute approximate surface area is 107 Å². The number of aryl methyl sites for hydroxylation is 1. The van der Waals surface area contributed by atoms with Crippen LogP contribution in [0.3, 0.4) is 0 Å². The molecule has 1 saturated heterocycles. The Morgan fingerprint density at radius 1 is 1.44 bits per heavy atom. The average molecular weight is 272 g/mol. The molecule has 0 bridgehead atoms. The quantitative estimate of drug-likeness (QED) is 0.876. The molecule has 0 radical (unpaired) electrons. The Balaban J connectivity index is 2.06. The molecule has 2 N–H and O–H groups in total. The number of sulfonamides is 1. The van der Waals surface area contributed by atoms with Crippen LogP contribution in [0.5, 0.6) is 0 Å². The molecular formula is C12H17FN2O2S. The molecule has 0 aliphatic carbocycles. The highest BCUT2D eigenvalue weighted by Crippen LogP contribution is 2.16. The first-order valence-corrected chi connectivity index (χ1v) is 7.61. The van der Waals surface area contributed by atoms with Crippen molar-refractivity contribution in [1.82, 2.24) is 5.32 Å². The second-order valence-electron chi connectivity index (χ2n) is 4.69. The topological polar surface area (TPSA) is 58.2 Å². The molecule has 6 heteroatoms. The van der Waals surface area contributed by atoms with Crippen molar-refractivity contribution >= 4 is 15.7 Å². The van der Waals surface area contributed by atoms with Crippen LogP contribution in [0.4, 0.5) is 10.1 Å². The molecule has 0 aromatic heterocycles. The lowest BCUT2D eigenvalue weighted by Gasteiger charge is -2.13. The molecule has 4 nitrogen and oxygen atoms in total. The predicted molar refractivity (Wildman–Crippen MR) is 69.6 cm³/mol. The van der Waals surface area contributed by atoms with Crippen molar-refractivity contribution in [3.05, 3.63) is 29.6 Å². The molecule has 0 amide bonds. The van der Waals surface area contributed by atoms with Crippen molar-refractivity contribution in [1.29, 1.82) is 0 Å². The lowest BCUT2D eigenvalue weighted by atomic mass is 10.2. The number of rotatable bonds is 4. The summed E-state index contributed by atoms with van der Waals surface area (Å²) in [5.41, 5.74) is 0.970. The van der Waals surface area contributed by atoms with E-state index in [2.05, 4.69) is 10.0 Å². The molecule has 1 atom stereocenters. The van der Waals surface area contributed by atoms with Crippen LogP contribution in [0.2, 0.25) is 0 Å². The Bertz CT molecular complexity index is 505. The Morgan fingerprint density at radius 3 is 2.83 bits per heavy atom. The van der Waals surface area contributed by atoms with Gasteiger partial charge in [-0.3, -0.25) is 4.72 Å². The molecule has 1 fully saturated rings. The first-order valence-electron chi connectivity index (χ1n) is 5.96. The van der Waals surface area contributed by atoms with E-state index in [0.29, 0.717) is 5.56 Å². The van der Waals surface area contributed by atoms with Crippen molar-refractivity contribution in [2.75, 3.05) is 17.0 Å². The average Bonchev–Trinajstić information content (AvgIpc) is 2.66. The standard InChI is InChI=1S/C12H17FN2O2S/c1-9-5-10(13)7-12(6-9)15-18(16,17)8-11-3-2-4-14-11/h5-7,11,14-15H,2-4,8H2,1H3. The van der Waals surface area contributed by atoms with Crippen LogP contribution in [0.25, 0.3) is 0 Å². The highest BCUT2D eigenvalue weighted by Gasteiger charge is 2.22. The summed E-state index contributed by atoms with van der Waals surface area (Å²) in [5, 5.41) is 3.13. The van der Waals surface area contributed by atoms with Gasteiger partial charge >= 0.3 is 0 Å².